The molecular weight excluding hydrogens is 150 g/mol. The summed E-state index contributed by atoms with van der Waals surface area (Å²) in [5.74, 6) is 0. The van der Waals surface area contributed by atoms with Crippen LogP contribution in [0.15, 0.2) is 24.3 Å². The molecule has 1 heterocycles. The summed E-state index contributed by atoms with van der Waals surface area (Å²) in [6.45, 7) is 1.86. The van der Waals surface area contributed by atoms with E-state index in [1.807, 2.05) is 31.2 Å². The summed E-state index contributed by atoms with van der Waals surface area (Å²) in [5.41, 5.74) is 8.17. The summed E-state index contributed by atoms with van der Waals surface area (Å²) in [6, 6.07) is 7.72. The Hall–Kier alpha value is -1.64. The lowest BCUT2D eigenvalue weighted by atomic mass is 10.2. The highest BCUT2D eigenvalue weighted by molar-refractivity contribution is 5.90. The molecule has 2 rings (SSSR count). The number of fused-ring (bicyclic) bond motifs is 1. The minimum Gasteiger partial charge on any atom is -0.397 e. The van der Waals surface area contributed by atoms with Crippen molar-refractivity contribution in [1.29, 1.82) is 0 Å². The monoisotopic (exact) mass is 159 g/mol. The molecular formula is C9H9N3. The fourth-order valence-electron chi connectivity index (χ4n) is 1.17. The van der Waals surface area contributed by atoms with Crippen molar-refractivity contribution in [3.8, 4) is 0 Å². The van der Waals surface area contributed by atoms with E-state index < -0.39 is 0 Å². The number of aromatic nitrogens is 2. The lowest BCUT2D eigenvalue weighted by Crippen LogP contribution is -1.96. The fraction of sp³-hybridized carbons (Fsp3) is 0.111. The molecule has 3 heteroatoms. The molecule has 12 heavy (non-hydrogen) atoms. The molecule has 0 amide bonds. The predicted molar refractivity (Wildman–Crippen MR) is 48.7 cm³/mol. The minimum absolute atomic E-state index is 0.723. The number of nitrogen functional groups attached to an aromatic ring is 1. The molecule has 2 N–H and O–H groups in total. The van der Waals surface area contributed by atoms with Gasteiger partial charge in [0.2, 0.25) is 0 Å². The van der Waals surface area contributed by atoms with Crippen LogP contribution in [0.2, 0.25) is 0 Å². The average molecular weight is 159 g/mol. The molecule has 0 saturated heterocycles. The quantitative estimate of drug-likeness (QED) is 0.634. The van der Waals surface area contributed by atoms with Crippen molar-refractivity contribution in [3.63, 3.8) is 0 Å². The van der Waals surface area contributed by atoms with Gasteiger partial charge >= 0.3 is 0 Å². The first-order valence-electron chi connectivity index (χ1n) is 3.76. The third-order valence-electron chi connectivity index (χ3n) is 1.89. The summed E-state index contributed by atoms with van der Waals surface area (Å²) in [5, 5.41) is 8.92. The number of rotatable bonds is 0. The summed E-state index contributed by atoms with van der Waals surface area (Å²) in [6.07, 6.45) is 0. The number of hydrogen-bond acceptors (Lipinski definition) is 3. The first-order chi connectivity index (χ1) is 5.79. The van der Waals surface area contributed by atoms with Crippen LogP contribution in [0.1, 0.15) is 5.69 Å². The van der Waals surface area contributed by atoms with Gasteiger partial charge in [-0.25, -0.2) is 0 Å². The standard InChI is InChI=1S/C9H9N3/c1-6-9(10)7-4-2-3-5-8(7)12-11-6/h2-5H,1H3,(H2,10,12). The molecule has 2 aromatic rings. The highest BCUT2D eigenvalue weighted by Crippen LogP contribution is 2.19. The highest BCUT2D eigenvalue weighted by atomic mass is 15.1. The summed E-state index contributed by atoms with van der Waals surface area (Å²) < 4.78 is 0. The second kappa shape index (κ2) is 2.44. The Bertz CT molecular complexity index is 423. The Morgan fingerprint density at radius 2 is 1.92 bits per heavy atom. The zero-order valence-electron chi connectivity index (χ0n) is 6.78. The van der Waals surface area contributed by atoms with Crippen molar-refractivity contribution >= 4 is 16.6 Å². The van der Waals surface area contributed by atoms with Gasteiger partial charge in [-0.15, -0.1) is 0 Å². The van der Waals surface area contributed by atoms with Crippen LogP contribution in [0.25, 0.3) is 10.9 Å². The van der Waals surface area contributed by atoms with Crippen LogP contribution in [0.4, 0.5) is 5.69 Å². The van der Waals surface area contributed by atoms with Gasteiger partial charge in [-0.05, 0) is 13.0 Å². The molecule has 1 aromatic carbocycles. The van der Waals surface area contributed by atoms with Crippen molar-refractivity contribution in [2.45, 2.75) is 6.92 Å². The van der Waals surface area contributed by atoms with Gasteiger partial charge in [0.05, 0.1) is 16.9 Å². The van der Waals surface area contributed by atoms with Crippen molar-refractivity contribution in [2.75, 3.05) is 5.73 Å². The maximum absolute atomic E-state index is 5.82. The summed E-state index contributed by atoms with van der Waals surface area (Å²) >= 11 is 0. The normalized spacial score (nSPS) is 10.4. The molecule has 0 aliphatic heterocycles. The Morgan fingerprint density at radius 1 is 1.17 bits per heavy atom. The van der Waals surface area contributed by atoms with Crippen LogP contribution in [0, 0.1) is 6.92 Å². The molecule has 0 bridgehead atoms. The second-order valence-electron chi connectivity index (χ2n) is 2.72. The number of nitrogens with two attached hydrogens (primary N) is 1. The minimum atomic E-state index is 0.723. The van der Waals surface area contributed by atoms with E-state index in [0.29, 0.717) is 0 Å². The molecule has 60 valence electrons. The van der Waals surface area contributed by atoms with Crippen LogP contribution in [-0.4, -0.2) is 10.2 Å². The van der Waals surface area contributed by atoms with Gasteiger partial charge in [0.1, 0.15) is 0 Å². The molecule has 0 fully saturated rings. The molecule has 3 nitrogen and oxygen atoms in total. The van der Waals surface area contributed by atoms with Gasteiger partial charge in [0, 0.05) is 5.39 Å². The Balaban J connectivity index is 2.91. The predicted octanol–water partition coefficient (Wildman–Crippen LogP) is 1.52. The van der Waals surface area contributed by atoms with Gasteiger partial charge in [-0.1, -0.05) is 18.2 Å². The van der Waals surface area contributed by atoms with Crippen LogP contribution in [0.5, 0.6) is 0 Å². The van der Waals surface area contributed by atoms with Crippen molar-refractivity contribution < 1.29 is 0 Å². The first-order valence-corrected chi connectivity index (χ1v) is 3.76. The lowest BCUT2D eigenvalue weighted by Gasteiger charge is -2.01. The van der Waals surface area contributed by atoms with E-state index in [9.17, 15) is 0 Å². The molecule has 0 aliphatic rings. The topological polar surface area (TPSA) is 51.8 Å². The average Bonchev–Trinajstić information content (AvgIpc) is 2.12. The zero-order chi connectivity index (χ0) is 8.55. The third-order valence-corrected chi connectivity index (χ3v) is 1.89. The maximum Gasteiger partial charge on any atom is 0.0950 e. The van der Waals surface area contributed by atoms with E-state index in [1.165, 1.54) is 0 Å². The first kappa shape index (κ1) is 7.03. The number of anilines is 1. The van der Waals surface area contributed by atoms with Gasteiger partial charge in [-0.2, -0.15) is 10.2 Å². The molecule has 0 radical (unpaired) electrons. The molecule has 0 unspecified atom stereocenters. The Labute approximate surface area is 70.2 Å². The highest BCUT2D eigenvalue weighted by Gasteiger charge is 2.01. The fourth-order valence-corrected chi connectivity index (χ4v) is 1.17. The van der Waals surface area contributed by atoms with Crippen LogP contribution < -0.4 is 5.73 Å². The van der Waals surface area contributed by atoms with E-state index in [4.69, 9.17) is 5.73 Å². The van der Waals surface area contributed by atoms with Gasteiger partial charge in [0.25, 0.3) is 0 Å². The number of aryl methyl sites for hydroxylation is 1. The van der Waals surface area contributed by atoms with Crippen molar-refractivity contribution in [2.24, 2.45) is 0 Å². The van der Waals surface area contributed by atoms with E-state index in [2.05, 4.69) is 10.2 Å². The van der Waals surface area contributed by atoms with Crippen LogP contribution in [-0.2, 0) is 0 Å². The van der Waals surface area contributed by atoms with Crippen LogP contribution >= 0.6 is 0 Å². The zero-order valence-corrected chi connectivity index (χ0v) is 6.78. The number of hydrogen-bond donors (Lipinski definition) is 1. The van der Waals surface area contributed by atoms with E-state index in [0.717, 1.165) is 22.3 Å². The molecule has 0 saturated carbocycles. The summed E-state index contributed by atoms with van der Waals surface area (Å²) in [4.78, 5) is 0. The van der Waals surface area contributed by atoms with Crippen molar-refractivity contribution in [3.05, 3.63) is 30.0 Å². The Morgan fingerprint density at radius 3 is 2.75 bits per heavy atom. The Kier molecular flexibility index (Phi) is 1.43. The lowest BCUT2D eigenvalue weighted by molar-refractivity contribution is 1.02. The number of nitrogens with zero attached hydrogens (tertiary/aromatic N) is 2. The SMILES string of the molecule is Cc1nnc2ccccc2c1N. The van der Waals surface area contributed by atoms with Gasteiger partial charge in [0.15, 0.2) is 0 Å². The summed E-state index contributed by atoms with van der Waals surface area (Å²) in [7, 11) is 0. The van der Waals surface area contributed by atoms with Crippen molar-refractivity contribution in [1.82, 2.24) is 10.2 Å². The largest absolute Gasteiger partial charge is 0.397 e. The smallest absolute Gasteiger partial charge is 0.0950 e. The van der Waals surface area contributed by atoms with E-state index >= 15 is 0 Å². The molecule has 0 spiro atoms. The van der Waals surface area contributed by atoms with Gasteiger partial charge in [-0.3, -0.25) is 0 Å². The third kappa shape index (κ3) is 0.906. The maximum atomic E-state index is 5.82. The molecule has 0 aliphatic carbocycles. The van der Waals surface area contributed by atoms with E-state index in [-0.39, 0.29) is 0 Å². The second-order valence-corrected chi connectivity index (χ2v) is 2.72. The molecule has 1 aromatic heterocycles. The van der Waals surface area contributed by atoms with Crippen LogP contribution in [0.3, 0.4) is 0 Å². The number of benzene rings is 1. The van der Waals surface area contributed by atoms with E-state index in [1.54, 1.807) is 0 Å². The van der Waals surface area contributed by atoms with Gasteiger partial charge < -0.3 is 5.73 Å². The molecule has 0 atom stereocenters.